The Hall–Kier alpha value is -1.83. The first-order valence-electron chi connectivity index (χ1n) is 8.36. The van der Waals surface area contributed by atoms with E-state index in [1.807, 2.05) is 4.90 Å². The molecule has 3 rings (SSSR count). The number of hydrogen-bond donors (Lipinski definition) is 2. The van der Waals surface area contributed by atoms with Crippen molar-refractivity contribution in [2.75, 3.05) is 18.4 Å². The van der Waals surface area contributed by atoms with Crippen molar-refractivity contribution < 1.29 is 18.0 Å². The summed E-state index contributed by atoms with van der Waals surface area (Å²) in [5, 5.41) is 6.22. The Morgan fingerprint density at radius 2 is 2.00 bits per heavy atom. The standard InChI is InChI=1S/C17H20F3N3OS/c18-17(19,20)12-4-1-5-14(9-12)22-16(25)23-8-2-3-11(10-23)15(24)21-13-6-7-13/h1,4-5,9,11,13H,2-3,6-8,10H2,(H,21,24)(H,22,25). The maximum absolute atomic E-state index is 12.8. The number of rotatable bonds is 3. The molecular weight excluding hydrogens is 351 g/mol. The first-order valence-corrected chi connectivity index (χ1v) is 8.77. The van der Waals surface area contributed by atoms with Crippen LogP contribution in [0.1, 0.15) is 31.2 Å². The largest absolute Gasteiger partial charge is 0.416 e. The molecule has 1 heterocycles. The summed E-state index contributed by atoms with van der Waals surface area (Å²) < 4.78 is 38.4. The third-order valence-corrected chi connectivity index (χ3v) is 4.80. The van der Waals surface area contributed by atoms with Gasteiger partial charge < -0.3 is 15.5 Å². The van der Waals surface area contributed by atoms with Crippen molar-refractivity contribution in [1.82, 2.24) is 10.2 Å². The number of nitrogens with zero attached hydrogens (tertiary/aromatic N) is 1. The predicted molar refractivity (Wildman–Crippen MR) is 93.1 cm³/mol. The van der Waals surface area contributed by atoms with Gasteiger partial charge in [-0.25, -0.2) is 0 Å². The second kappa shape index (κ2) is 7.19. The van der Waals surface area contributed by atoms with E-state index in [1.54, 1.807) is 6.07 Å². The molecule has 0 radical (unpaired) electrons. The Morgan fingerprint density at radius 1 is 1.24 bits per heavy atom. The first kappa shape index (κ1) is 18.0. The number of amides is 1. The number of anilines is 1. The number of carbonyl (C=O) groups is 1. The summed E-state index contributed by atoms with van der Waals surface area (Å²) in [6, 6.07) is 5.26. The van der Waals surface area contributed by atoms with Gasteiger partial charge in [0.2, 0.25) is 5.91 Å². The molecule has 2 N–H and O–H groups in total. The van der Waals surface area contributed by atoms with E-state index in [1.165, 1.54) is 6.07 Å². The second-order valence-electron chi connectivity index (χ2n) is 6.58. The molecule has 1 saturated heterocycles. The topological polar surface area (TPSA) is 44.4 Å². The average molecular weight is 371 g/mol. The van der Waals surface area contributed by atoms with E-state index in [-0.39, 0.29) is 11.8 Å². The molecule has 25 heavy (non-hydrogen) atoms. The molecule has 1 aliphatic heterocycles. The summed E-state index contributed by atoms with van der Waals surface area (Å²) >= 11 is 5.33. The monoisotopic (exact) mass is 371 g/mol. The fraction of sp³-hybridized carbons (Fsp3) is 0.529. The lowest BCUT2D eigenvalue weighted by atomic mass is 9.97. The predicted octanol–water partition coefficient (Wildman–Crippen LogP) is 3.39. The van der Waals surface area contributed by atoms with Crippen LogP contribution >= 0.6 is 12.2 Å². The van der Waals surface area contributed by atoms with E-state index < -0.39 is 11.7 Å². The van der Waals surface area contributed by atoms with Gasteiger partial charge in [0.05, 0.1) is 11.5 Å². The van der Waals surface area contributed by atoms with E-state index in [0.717, 1.165) is 37.8 Å². The van der Waals surface area contributed by atoms with E-state index in [0.29, 0.717) is 29.9 Å². The maximum Gasteiger partial charge on any atom is 0.416 e. The molecule has 2 aliphatic rings. The number of benzene rings is 1. The second-order valence-corrected chi connectivity index (χ2v) is 6.96. The van der Waals surface area contributed by atoms with Gasteiger partial charge in [0.15, 0.2) is 5.11 Å². The zero-order valence-electron chi connectivity index (χ0n) is 13.6. The van der Waals surface area contributed by atoms with Gasteiger partial charge in [-0.3, -0.25) is 4.79 Å². The Balaban J connectivity index is 1.59. The highest BCUT2D eigenvalue weighted by Crippen LogP contribution is 2.31. The molecule has 0 bridgehead atoms. The van der Waals surface area contributed by atoms with Crippen LogP contribution in [0, 0.1) is 5.92 Å². The van der Waals surface area contributed by atoms with Crippen LogP contribution in [-0.2, 0) is 11.0 Å². The van der Waals surface area contributed by atoms with Gasteiger partial charge in [-0.15, -0.1) is 0 Å². The van der Waals surface area contributed by atoms with Crippen LogP contribution in [0.25, 0.3) is 0 Å². The van der Waals surface area contributed by atoms with E-state index in [4.69, 9.17) is 12.2 Å². The summed E-state index contributed by atoms with van der Waals surface area (Å²) in [6.07, 6.45) is -0.680. The molecule has 0 aromatic heterocycles. The number of thiocarbonyl (C=S) groups is 1. The number of halogens is 3. The van der Waals surface area contributed by atoms with Gasteiger partial charge in [-0.05, 0) is 56.1 Å². The van der Waals surface area contributed by atoms with E-state index >= 15 is 0 Å². The third kappa shape index (κ3) is 4.84. The van der Waals surface area contributed by atoms with Crippen LogP contribution in [0.4, 0.5) is 18.9 Å². The van der Waals surface area contributed by atoms with Crippen LogP contribution in [0.5, 0.6) is 0 Å². The fourth-order valence-corrected chi connectivity index (χ4v) is 3.18. The Labute approximate surface area is 149 Å². The van der Waals surface area contributed by atoms with E-state index in [9.17, 15) is 18.0 Å². The van der Waals surface area contributed by atoms with Crippen LogP contribution in [0.15, 0.2) is 24.3 Å². The minimum atomic E-state index is -4.39. The lowest BCUT2D eigenvalue weighted by Gasteiger charge is -2.34. The summed E-state index contributed by atoms with van der Waals surface area (Å²) in [7, 11) is 0. The Morgan fingerprint density at radius 3 is 2.68 bits per heavy atom. The van der Waals surface area contributed by atoms with Gasteiger partial charge in [-0.1, -0.05) is 6.07 Å². The highest BCUT2D eigenvalue weighted by molar-refractivity contribution is 7.80. The zero-order chi connectivity index (χ0) is 18.0. The SMILES string of the molecule is O=C(NC1CC1)C1CCCN(C(=S)Nc2cccc(C(F)(F)F)c2)C1. The lowest BCUT2D eigenvalue weighted by molar-refractivity contribution is -0.137. The van der Waals surface area contributed by atoms with Crippen LogP contribution in [0.3, 0.4) is 0 Å². The van der Waals surface area contributed by atoms with Crippen LogP contribution in [-0.4, -0.2) is 35.1 Å². The van der Waals surface area contributed by atoms with Gasteiger partial charge in [0.25, 0.3) is 0 Å². The van der Waals surface area contributed by atoms with Crippen molar-refractivity contribution in [2.45, 2.75) is 37.9 Å². The fourth-order valence-electron chi connectivity index (χ4n) is 2.90. The summed E-state index contributed by atoms with van der Waals surface area (Å²) in [4.78, 5) is 14.1. The highest BCUT2D eigenvalue weighted by Gasteiger charge is 2.32. The molecule has 1 amide bonds. The van der Waals surface area contributed by atoms with Gasteiger partial charge in [-0.2, -0.15) is 13.2 Å². The van der Waals surface area contributed by atoms with Crippen molar-refractivity contribution in [3.63, 3.8) is 0 Å². The average Bonchev–Trinajstić information content (AvgIpc) is 3.38. The normalized spacial score (nSPS) is 20.9. The molecule has 4 nitrogen and oxygen atoms in total. The first-order chi connectivity index (χ1) is 11.8. The number of piperidine rings is 1. The zero-order valence-corrected chi connectivity index (χ0v) is 14.4. The molecule has 8 heteroatoms. The van der Waals surface area contributed by atoms with Crippen LogP contribution in [0.2, 0.25) is 0 Å². The van der Waals surface area contributed by atoms with Gasteiger partial charge in [0.1, 0.15) is 0 Å². The molecule has 2 fully saturated rings. The molecule has 1 aromatic rings. The van der Waals surface area contributed by atoms with E-state index in [2.05, 4.69) is 10.6 Å². The minimum absolute atomic E-state index is 0.0501. The minimum Gasteiger partial charge on any atom is -0.353 e. The number of nitrogens with one attached hydrogen (secondary N) is 2. The van der Waals surface area contributed by atoms with Crippen molar-refractivity contribution in [1.29, 1.82) is 0 Å². The molecule has 1 unspecified atom stereocenters. The summed E-state index contributed by atoms with van der Waals surface area (Å²) in [5.74, 6) is -0.0790. The third-order valence-electron chi connectivity index (χ3n) is 4.44. The van der Waals surface area contributed by atoms with Crippen molar-refractivity contribution >= 4 is 28.9 Å². The quantitative estimate of drug-likeness (QED) is 0.800. The molecule has 1 saturated carbocycles. The van der Waals surface area contributed by atoms with Crippen molar-refractivity contribution in [2.24, 2.45) is 5.92 Å². The highest BCUT2D eigenvalue weighted by atomic mass is 32.1. The Bertz CT molecular complexity index is 661. The molecule has 136 valence electrons. The maximum atomic E-state index is 12.8. The number of carbonyl (C=O) groups excluding carboxylic acids is 1. The smallest absolute Gasteiger partial charge is 0.353 e. The van der Waals surface area contributed by atoms with Gasteiger partial charge >= 0.3 is 6.18 Å². The van der Waals surface area contributed by atoms with Crippen LogP contribution < -0.4 is 10.6 Å². The summed E-state index contributed by atoms with van der Waals surface area (Å²) in [5.41, 5.74) is -0.426. The number of alkyl halides is 3. The number of likely N-dealkylation sites (tertiary alicyclic amines) is 1. The lowest BCUT2D eigenvalue weighted by Crippen LogP contribution is -2.47. The summed E-state index contributed by atoms with van der Waals surface area (Å²) in [6.45, 7) is 1.18. The molecule has 1 aliphatic carbocycles. The van der Waals surface area contributed by atoms with Gasteiger partial charge in [0, 0.05) is 24.8 Å². The van der Waals surface area contributed by atoms with Crippen molar-refractivity contribution in [3.05, 3.63) is 29.8 Å². The molecule has 1 atom stereocenters. The molecular formula is C17H20F3N3OS. The number of hydrogen-bond acceptors (Lipinski definition) is 2. The molecule has 1 aromatic carbocycles. The Kier molecular flexibility index (Phi) is 5.17. The van der Waals surface area contributed by atoms with Crippen molar-refractivity contribution in [3.8, 4) is 0 Å². The molecule has 0 spiro atoms.